The van der Waals surface area contributed by atoms with Gasteiger partial charge in [0, 0.05) is 73.4 Å². The van der Waals surface area contributed by atoms with E-state index in [4.69, 9.17) is 28.3 Å². The van der Waals surface area contributed by atoms with Gasteiger partial charge >= 0.3 is 0 Å². The Labute approximate surface area is 268 Å². The van der Waals surface area contributed by atoms with Gasteiger partial charge in [0.15, 0.2) is 5.82 Å². The number of nitrogens with zero attached hydrogens (tertiary/aromatic N) is 6. The largest absolute Gasteiger partial charge is 0.392 e. The first-order valence-corrected chi connectivity index (χ1v) is 16.4. The standard InChI is InChI=1S/C32H42Cl2FN7O2/c1-5-27(44)40-9-7-22(8-10-40)42-19(2)28(29-24-15-36-37-26(24)13-25(33)30(29)34)31(38-42)41-11-6-20(14-32(41,3)4)16-39-17-21(35)12-23(43)18-39/h5,13,15,20-23,43H,1,6-12,14,16-18H2,2-4H3,(H,36,37)/t20-,21-,23-/m1/s1. The van der Waals surface area contributed by atoms with Crippen LogP contribution in [-0.4, -0.2) is 97.9 Å². The number of rotatable bonds is 6. The Bertz CT molecular complexity index is 1540. The molecule has 6 rings (SSSR count). The maximum Gasteiger partial charge on any atom is 0.245 e. The summed E-state index contributed by atoms with van der Waals surface area (Å²) in [5.41, 5.74) is 3.30. The van der Waals surface area contributed by atoms with Crippen LogP contribution in [0.2, 0.25) is 10.0 Å². The molecule has 3 saturated heterocycles. The molecule has 3 aliphatic heterocycles. The van der Waals surface area contributed by atoms with Gasteiger partial charge in [-0.15, -0.1) is 0 Å². The topological polar surface area (TPSA) is 93.5 Å². The minimum Gasteiger partial charge on any atom is -0.392 e. The van der Waals surface area contributed by atoms with Gasteiger partial charge in [0.05, 0.1) is 33.9 Å². The number of fused-ring (bicyclic) bond motifs is 1. The minimum atomic E-state index is -0.981. The molecule has 0 bridgehead atoms. The maximum absolute atomic E-state index is 14.2. The summed E-state index contributed by atoms with van der Waals surface area (Å²) in [6.45, 7) is 14.0. The van der Waals surface area contributed by atoms with Crippen molar-refractivity contribution in [3.05, 3.63) is 40.7 Å². The zero-order valence-electron chi connectivity index (χ0n) is 25.7. The predicted molar refractivity (Wildman–Crippen MR) is 173 cm³/mol. The molecule has 0 saturated carbocycles. The number of carbonyl (C=O) groups is 1. The van der Waals surface area contributed by atoms with Crippen LogP contribution in [0, 0.1) is 12.8 Å². The molecule has 238 valence electrons. The van der Waals surface area contributed by atoms with Gasteiger partial charge in [0.25, 0.3) is 0 Å². The lowest BCUT2D eigenvalue weighted by Gasteiger charge is -2.47. The quantitative estimate of drug-likeness (QED) is 0.330. The van der Waals surface area contributed by atoms with Gasteiger partial charge in [0.2, 0.25) is 5.91 Å². The lowest BCUT2D eigenvalue weighted by atomic mass is 9.81. The molecule has 5 heterocycles. The second kappa shape index (κ2) is 12.3. The van der Waals surface area contributed by atoms with Gasteiger partial charge in [-0.2, -0.15) is 10.2 Å². The lowest BCUT2D eigenvalue weighted by Crippen LogP contribution is -2.53. The molecule has 0 unspecified atom stereocenters. The molecule has 0 spiro atoms. The smallest absolute Gasteiger partial charge is 0.245 e. The van der Waals surface area contributed by atoms with E-state index in [0.29, 0.717) is 42.1 Å². The molecule has 0 aliphatic carbocycles. The molecule has 44 heavy (non-hydrogen) atoms. The van der Waals surface area contributed by atoms with E-state index in [0.717, 1.165) is 72.3 Å². The summed E-state index contributed by atoms with van der Waals surface area (Å²) in [4.78, 5) is 18.6. The summed E-state index contributed by atoms with van der Waals surface area (Å²) >= 11 is 13.7. The van der Waals surface area contributed by atoms with Crippen LogP contribution < -0.4 is 4.90 Å². The Hall–Kier alpha value is -2.66. The van der Waals surface area contributed by atoms with Gasteiger partial charge in [-0.3, -0.25) is 19.5 Å². The second-order valence-corrected chi connectivity index (χ2v) is 14.2. The Kier molecular flexibility index (Phi) is 8.73. The maximum atomic E-state index is 14.2. The molecule has 12 heteroatoms. The molecule has 2 aromatic heterocycles. The molecular weight excluding hydrogens is 604 g/mol. The van der Waals surface area contributed by atoms with E-state index in [2.05, 4.69) is 52.0 Å². The Balaban J connectivity index is 1.36. The van der Waals surface area contributed by atoms with Crippen LogP contribution in [0.5, 0.6) is 0 Å². The van der Waals surface area contributed by atoms with E-state index in [9.17, 15) is 14.3 Å². The van der Waals surface area contributed by atoms with Crippen molar-refractivity contribution in [3.63, 3.8) is 0 Å². The number of β-amino-alcohol motifs (C(OH)–C–C–N with tert-alkyl or cyclic N) is 1. The summed E-state index contributed by atoms with van der Waals surface area (Å²) in [5, 5.41) is 24.6. The number of likely N-dealkylation sites (tertiary alicyclic amines) is 2. The third kappa shape index (κ3) is 5.86. The van der Waals surface area contributed by atoms with Gasteiger partial charge in [-0.1, -0.05) is 29.8 Å². The zero-order valence-corrected chi connectivity index (χ0v) is 27.2. The molecule has 3 fully saturated rings. The number of amides is 1. The Morgan fingerprint density at radius 1 is 1.20 bits per heavy atom. The summed E-state index contributed by atoms with van der Waals surface area (Å²) < 4.78 is 16.4. The lowest BCUT2D eigenvalue weighted by molar-refractivity contribution is -0.127. The number of piperidine rings is 3. The number of H-pyrrole nitrogens is 1. The summed E-state index contributed by atoms with van der Waals surface area (Å²) in [6, 6.07) is 1.92. The second-order valence-electron chi connectivity index (χ2n) is 13.4. The van der Waals surface area contributed by atoms with Gasteiger partial charge < -0.3 is 14.9 Å². The average molecular weight is 647 g/mol. The average Bonchev–Trinajstić information content (AvgIpc) is 3.56. The summed E-state index contributed by atoms with van der Waals surface area (Å²) in [5.74, 6) is 1.19. The Morgan fingerprint density at radius 3 is 2.64 bits per heavy atom. The van der Waals surface area contributed by atoms with E-state index in [-0.39, 0.29) is 23.9 Å². The fourth-order valence-electron chi connectivity index (χ4n) is 7.77. The van der Waals surface area contributed by atoms with Crippen molar-refractivity contribution in [2.45, 2.75) is 76.7 Å². The molecule has 0 radical (unpaired) electrons. The molecule has 3 aliphatic rings. The number of halogens is 3. The molecular formula is C32H42Cl2FN7O2. The molecule has 1 aromatic carbocycles. The van der Waals surface area contributed by atoms with E-state index in [1.807, 2.05) is 4.90 Å². The first kappa shape index (κ1) is 31.3. The molecule has 1 amide bonds. The van der Waals surface area contributed by atoms with E-state index < -0.39 is 12.3 Å². The fraction of sp³-hybridized carbons (Fsp3) is 0.594. The third-order valence-electron chi connectivity index (χ3n) is 9.82. The van der Waals surface area contributed by atoms with Crippen molar-refractivity contribution in [1.29, 1.82) is 0 Å². The number of aliphatic hydroxyl groups is 1. The van der Waals surface area contributed by atoms with Crippen molar-refractivity contribution in [1.82, 2.24) is 29.8 Å². The highest BCUT2D eigenvalue weighted by atomic mass is 35.5. The number of carbonyl (C=O) groups excluding carboxylic acids is 1. The zero-order chi connectivity index (χ0) is 31.3. The molecule has 3 atom stereocenters. The number of alkyl halides is 1. The highest BCUT2D eigenvalue weighted by Gasteiger charge is 2.40. The number of anilines is 1. The van der Waals surface area contributed by atoms with Gasteiger partial charge in [-0.05, 0) is 64.5 Å². The highest BCUT2D eigenvalue weighted by molar-refractivity contribution is 6.45. The number of aromatic amines is 1. The molecule has 3 aromatic rings. The monoisotopic (exact) mass is 645 g/mol. The molecule has 9 nitrogen and oxygen atoms in total. The summed E-state index contributed by atoms with van der Waals surface area (Å²) in [6.07, 6.45) is 5.19. The van der Waals surface area contributed by atoms with Crippen LogP contribution in [-0.2, 0) is 4.79 Å². The van der Waals surface area contributed by atoms with Crippen molar-refractivity contribution in [2.75, 3.05) is 44.2 Å². The van der Waals surface area contributed by atoms with E-state index >= 15 is 0 Å². The first-order valence-electron chi connectivity index (χ1n) is 15.6. The van der Waals surface area contributed by atoms with Gasteiger partial charge in [-0.25, -0.2) is 4.39 Å². The van der Waals surface area contributed by atoms with Crippen LogP contribution in [0.3, 0.4) is 0 Å². The molecule has 2 N–H and O–H groups in total. The van der Waals surface area contributed by atoms with Crippen molar-refractivity contribution >= 4 is 45.8 Å². The van der Waals surface area contributed by atoms with Gasteiger partial charge in [0.1, 0.15) is 6.17 Å². The van der Waals surface area contributed by atoms with Crippen LogP contribution in [0.15, 0.2) is 24.9 Å². The van der Waals surface area contributed by atoms with Crippen LogP contribution in [0.4, 0.5) is 10.2 Å². The number of hydrogen-bond acceptors (Lipinski definition) is 6. The number of hydrogen-bond donors (Lipinski definition) is 2. The third-order valence-corrected chi connectivity index (χ3v) is 10.6. The van der Waals surface area contributed by atoms with E-state index in [1.165, 1.54) is 6.08 Å². The minimum absolute atomic E-state index is 0.0409. The van der Waals surface area contributed by atoms with Crippen LogP contribution >= 0.6 is 23.2 Å². The predicted octanol–water partition coefficient (Wildman–Crippen LogP) is 5.79. The van der Waals surface area contributed by atoms with Crippen molar-refractivity contribution in [2.24, 2.45) is 5.92 Å². The van der Waals surface area contributed by atoms with Crippen LogP contribution in [0.25, 0.3) is 22.0 Å². The summed E-state index contributed by atoms with van der Waals surface area (Å²) in [7, 11) is 0. The van der Waals surface area contributed by atoms with Crippen molar-refractivity contribution < 1.29 is 14.3 Å². The first-order chi connectivity index (χ1) is 21.0. The number of benzene rings is 1. The highest BCUT2D eigenvalue weighted by Crippen LogP contribution is 2.48. The number of nitrogens with one attached hydrogen (secondary N) is 1. The van der Waals surface area contributed by atoms with Crippen LogP contribution in [0.1, 0.15) is 57.7 Å². The fourth-order valence-corrected chi connectivity index (χ4v) is 8.23. The van der Waals surface area contributed by atoms with Crippen molar-refractivity contribution in [3.8, 4) is 11.1 Å². The number of aromatic nitrogens is 4. The SMILES string of the molecule is C=CC(=O)N1CCC(n2nc(N3CC[C@@H](CN4C[C@H](O)C[C@@H](F)C4)CC3(C)C)c(-c3c(Cl)c(Cl)cc4[nH]ncc34)c2C)CC1. The Morgan fingerprint density at radius 2 is 1.95 bits per heavy atom. The normalized spacial score (nSPS) is 25.1. The van der Waals surface area contributed by atoms with E-state index in [1.54, 1.807) is 12.3 Å². The number of aliphatic hydroxyl groups excluding tert-OH is 1.